The summed E-state index contributed by atoms with van der Waals surface area (Å²) in [5, 5.41) is 9.76. The van der Waals surface area contributed by atoms with Gasteiger partial charge < -0.3 is 5.11 Å². The summed E-state index contributed by atoms with van der Waals surface area (Å²) in [6.45, 7) is 10.1. The molecule has 80 valence electrons. The quantitative estimate of drug-likeness (QED) is 0.628. The van der Waals surface area contributed by atoms with Gasteiger partial charge in [0.2, 0.25) is 0 Å². The maximum absolute atomic E-state index is 9.76. The Balaban J connectivity index is 0. The summed E-state index contributed by atoms with van der Waals surface area (Å²) < 4.78 is 0. The topological polar surface area (TPSA) is 20.2 Å². The normalized spacial score (nSPS) is 14.8. The van der Waals surface area contributed by atoms with Gasteiger partial charge in [0.15, 0.2) is 0 Å². The Kier molecular flexibility index (Phi) is 9.70. The van der Waals surface area contributed by atoms with Gasteiger partial charge in [-0.3, -0.25) is 0 Å². The number of hydrogen-bond donors (Lipinski definition) is 1. The average Bonchev–Trinajstić information content (AvgIpc) is 1.99. The number of aliphatic hydroxyl groups is 1. The van der Waals surface area contributed by atoms with Gasteiger partial charge >= 0.3 is 0 Å². The number of hydrogen-bond acceptors (Lipinski definition) is 1. The first kappa shape index (κ1) is 15.2. The van der Waals surface area contributed by atoms with Crippen molar-refractivity contribution >= 4 is 0 Å². The fraction of sp³-hybridized carbons (Fsp3) is 0.833. The van der Waals surface area contributed by atoms with Gasteiger partial charge in [0.1, 0.15) is 0 Å². The molecule has 1 nitrogen and oxygen atoms in total. The molecule has 0 saturated heterocycles. The molecular formula is C12H26O. The van der Waals surface area contributed by atoms with E-state index in [-0.39, 0.29) is 13.5 Å². The fourth-order valence-corrected chi connectivity index (χ4v) is 1.58. The van der Waals surface area contributed by atoms with Crippen LogP contribution in [0.3, 0.4) is 0 Å². The molecule has 13 heavy (non-hydrogen) atoms. The third kappa shape index (κ3) is 5.87. The second-order valence-electron chi connectivity index (χ2n) is 3.79. The minimum atomic E-state index is -0.145. The Morgan fingerprint density at radius 2 is 1.92 bits per heavy atom. The highest BCUT2D eigenvalue weighted by atomic mass is 16.3. The lowest BCUT2D eigenvalue weighted by Gasteiger charge is -2.24. The average molecular weight is 186 g/mol. The van der Waals surface area contributed by atoms with Crippen LogP contribution in [0.2, 0.25) is 0 Å². The van der Waals surface area contributed by atoms with E-state index in [1.165, 1.54) is 0 Å². The summed E-state index contributed by atoms with van der Waals surface area (Å²) in [7, 11) is 0. The molecule has 0 unspecified atom stereocenters. The minimum Gasteiger partial charge on any atom is -0.393 e. The van der Waals surface area contributed by atoms with Crippen molar-refractivity contribution in [1.82, 2.24) is 0 Å². The summed E-state index contributed by atoms with van der Waals surface area (Å²) in [4.78, 5) is 0. The number of allylic oxidation sites excluding steroid dienone is 1. The predicted molar refractivity (Wildman–Crippen MR) is 60.8 cm³/mol. The van der Waals surface area contributed by atoms with E-state index in [1.807, 2.05) is 6.08 Å². The molecule has 0 aliphatic carbocycles. The van der Waals surface area contributed by atoms with Gasteiger partial charge in [-0.25, -0.2) is 0 Å². The molecule has 0 aromatic rings. The van der Waals surface area contributed by atoms with E-state index in [1.54, 1.807) is 0 Å². The molecule has 0 aliphatic heterocycles. The fourth-order valence-electron chi connectivity index (χ4n) is 1.58. The maximum Gasteiger partial charge on any atom is 0.0573 e. The van der Waals surface area contributed by atoms with Crippen LogP contribution in [0.5, 0.6) is 0 Å². The van der Waals surface area contributed by atoms with Crippen LogP contribution in [-0.2, 0) is 0 Å². The monoisotopic (exact) mass is 186 g/mol. The molecule has 0 aliphatic rings. The molecule has 0 bridgehead atoms. The van der Waals surface area contributed by atoms with Gasteiger partial charge in [0, 0.05) is 0 Å². The number of rotatable bonds is 6. The predicted octanol–water partition coefficient (Wildman–Crippen LogP) is 3.63. The largest absolute Gasteiger partial charge is 0.393 e. The van der Waals surface area contributed by atoms with Gasteiger partial charge in [0.25, 0.3) is 0 Å². The lowest BCUT2D eigenvalue weighted by atomic mass is 9.85. The highest BCUT2D eigenvalue weighted by Gasteiger charge is 2.19. The van der Waals surface area contributed by atoms with Gasteiger partial charge in [-0.1, -0.05) is 40.7 Å². The molecule has 0 rings (SSSR count). The third-order valence-electron chi connectivity index (χ3n) is 2.37. The van der Waals surface area contributed by atoms with Crippen LogP contribution < -0.4 is 0 Å². The van der Waals surface area contributed by atoms with Crippen LogP contribution in [0.15, 0.2) is 12.7 Å². The standard InChI is InChI=1S/C11H22O.CH4/c1-5-7-10(9(3)4)11(12)8-6-2;/h5,9-12H,1,6-8H2,2-4H3;1H4/t10-,11-;/m0./s1. The van der Waals surface area contributed by atoms with Crippen LogP contribution in [0.4, 0.5) is 0 Å². The Labute approximate surface area is 83.9 Å². The summed E-state index contributed by atoms with van der Waals surface area (Å²) >= 11 is 0. The van der Waals surface area contributed by atoms with Crippen molar-refractivity contribution < 1.29 is 5.11 Å². The second-order valence-corrected chi connectivity index (χ2v) is 3.79. The molecule has 2 atom stereocenters. The first-order chi connectivity index (χ1) is 5.63. The van der Waals surface area contributed by atoms with E-state index < -0.39 is 0 Å². The van der Waals surface area contributed by atoms with Crippen LogP contribution in [0.1, 0.15) is 47.5 Å². The van der Waals surface area contributed by atoms with E-state index in [2.05, 4.69) is 27.4 Å². The zero-order valence-corrected chi connectivity index (χ0v) is 8.59. The van der Waals surface area contributed by atoms with Crippen molar-refractivity contribution in [2.75, 3.05) is 0 Å². The highest BCUT2D eigenvalue weighted by molar-refractivity contribution is 4.79. The SMILES string of the molecule is C.C=CC[C@@H](C(C)C)[C@@H](O)CCC. The summed E-state index contributed by atoms with van der Waals surface area (Å²) in [6.07, 6.45) is 4.66. The first-order valence-corrected chi connectivity index (χ1v) is 4.92. The van der Waals surface area contributed by atoms with Crippen LogP contribution in [0, 0.1) is 11.8 Å². The smallest absolute Gasteiger partial charge is 0.0573 e. The Morgan fingerprint density at radius 3 is 2.23 bits per heavy atom. The highest BCUT2D eigenvalue weighted by Crippen LogP contribution is 2.22. The summed E-state index contributed by atoms with van der Waals surface area (Å²) in [5.41, 5.74) is 0. The lowest BCUT2D eigenvalue weighted by molar-refractivity contribution is 0.0746. The molecule has 0 heterocycles. The lowest BCUT2D eigenvalue weighted by Crippen LogP contribution is -2.24. The molecule has 0 fully saturated rings. The summed E-state index contributed by atoms with van der Waals surface area (Å²) in [6, 6.07) is 0. The zero-order chi connectivity index (χ0) is 9.56. The molecule has 0 aromatic carbocycles. The van der Waals surface area contributed by atoms with Crippen molar-refractivity contribution in [2.45, 2.75) is 53.6 Å². The van der Waals surface area contributed by atoms with Crippen molar-refractivity contribution in [3.63, 3.8) is 0 Å². The van der Waals surface area contributed by atoms with E-state index in [9.17, 15) is 5.11 Å². The molecular weight excluding hydrogens is 160 g/mol. The minimum absolute atomic E-state index is 0. The van der Waals surface area contributed by atoms with Crippen molar-refractivity contribution in [2.24, 2.45) is 11.8 Å². The van der Waals surface area contributed by atoms with Gasteiger partial charge in [-0.05, 0) is 24.7 Å². The maximum atomic E-state index is 9.76. The molecule has 0 aromatic heterocycles. The molecule has 0 amide bonds. The van der Waals surface area contributed by atoms with E-state index in [0.717, 1.165) is 19.3 Å². The molecule has 0 radical (unpaired) electrons. The molecule has 1 heteroatoms. The second kappa shape index (κ2) is 8.31. The molecule has 0 spiro atoms. The van der Waals surface area contributed by atoms with E-state index in [4.69, 9.17) is 0 Å². The molecule has 1 N–H and O–H groups in total. The summed E-state index contributed by atoms with van der Waals surface area (Å²) in [5.74, 6) is 0.937. The van der Waals surface area contributed by atoms with E-state index >= 15 is 0 Å². The van der Waals surface area contributed by atoms with Crippen molar-refractivity contribution in [3.8, 4) is 0 Å². The third-order valence-corrected chi connectivity index (χ3v) is 2.37. The van der Waals surface area contributed by atoms with Crippen molar-refractivity contribution in [3.05, 3.63) is 12.7 Å². The van der Waals surface area contributed by atoms with Gasteiger partial charge in [0.05, 0.1) is 6.10 Å². The van der Waals surface area contributed by atoms with Gasteiger partial charge in [-0.15, -0.1) is 6.58 Å². The first-order valence-electron chi connectivity index (χ1n) is 4.92. The van der Waals surface area contributed by atoms with Crippen molar-refractivity contribution in [1.29, 1.82) is 0 Å². The van der Waals surface area contributed by atoms with Crippen LogP contribution in [-0.4, -0.2) is 11.2 Å². The van der Waals surface area contributed by atoms with Gasteiger partial charge in [-0.2, -0.15) is 0 Å². The zero-order valence-electron chi connectivity index (χ0n) is 8.59. The Morgan fingerprint density at radius 1 is 1.38 bits per heavy atom. The van der Waals surface area contributed by atoms with Crippen LogP contribution >= 0.6 is 0 Å². The molecule has 0 saturated carbocycles. The van der Waals surface area contributed by atoms with Crippen LogP contribution in [0.25, 0.3) is 0 Å². The van der Waals surface area contributed by atoms with E-state index in [0.29, 0.717) is 11.8 Å². The Bertz CT molecular complexity index is 118. The number of aliphatic hydroxyl groups excluding tert-OH is 1. The Hall–Kier alpha value is -0.300.